The quantitative estimate of drug-likeness (QED) is 0.593. The van der Waals surface area contributed by atoms with Crippen molar-refractivity contribution in [2.24, 2.45) is 0 Å². The second-order valence-electron chi connectivity index (χ2n) is 4.47. The fourth-order valence-corrected chi connectivity index (χ4v) is 1.73. The predicted octanol–water partition coefficient (Wildman–Crippen LogP) is 2.07. The number of carboxylic acids is 1. The van der Waals surface area contributed by atoms with Crippen LogP contribution < -0.4 is 11.1 Å². The summed E-state index contributed by atoms with van der Waals surface area (Å²) in [6.07, 6.45) is 1.05. The smallest absolute Gasteiger partial charge is 0.340 e. The Morgan fingerprint density at radius 2 is 2.00 bits per heavy atom. The molecule has 106 valence electrons. The van der Waals surface area contributed by atoms with Crippen LogP contribution in [0, 0.1) is 5.82 Å². The lowest BCUT2D eigenvalue weighted by Gasteiger charge is -2.26. The van der Waals surface area contributed by atoms with E-state index in [-0.39, 0.29) is 17.8 Å². The molecular formula is C13H19FN2O3. The number of carbonyl (C=O) groups is 1. The van der Waals surface area contributed by atoms with Crippen molar-refractivity contribution in [2.75, 3.05) is 17.6 Å². The van der Waals surface area contributed by atoms with Crippen LogP contribution in [-0.2, 0) is 0 Å². The molecule has 0 bridgehead atoms. The summed E-state index contributed by atoms with van der Waals surface area (Å²) in [7, 11) is 0. The highest BCUT2D eigenvalue weighted by atomic mass is 19.1. The molecule has 6 heteroatoms. The van der Waals surface area contributed by atoms with Crippen molar-refractivity contribution in [3.63, 3.8) is 0 Å². The third-order valence-electron chi connectivity index (χ3n) is 3.33. The van der Waals surface area contributed by atoms with Gasteiger partial charge in [0.1, 0.15) is 11.4 Å². The molecule has 5 N–H and O–H groups in total. The van der Waals surface area contributed by atoms with E-state index in [0.717, 1.165) is 6.07 Å². The average molecular weight is 270 g/mol. The molecule has 1 aromatic rings. The largest absolute Gasteiger partial charge is 0.478 e. The van der Waals surface area contributed by atoms with Crippen molar-refractivity contribution in [1.29, 1.82) is 0 Å². The number of aliphatic hydroxyl groups is 1. The Morgan fingerprint density at radius 3 is 2.47 bits per heavy atom. The Kier molecular flexibility index (Phi) is 4.72. The number of hydrogen-bond donors (Lipinski definition) is 4. The highest BCUT2D eigenvalue weighted by Gasteiger charge is 2.24. The first-order valence-electron chi connectivity index (χ1n) is 6.12. The number of anilines is 2. The van der Waals surface area contributed by atoms with Crippen LogP contribution in [-0.4, -0.2) is 28.3 Å². The van der Waals surface area contributed by atoms with Crippen LogP contribution >= 0.6 is 0 Å². The van der Waals surface area contributed by atoms with Gasteiger partial charge in [-0.2, -0.15) is 0 Å². The molecule has 0 spiro atoms. The monoisotopic (exact) mass is 270 g/mol. The first kappa shape index (κ1) is 15.2. The maximum atomic E-state index is 13.3. The van der Waals surface area contributed by atoms with E-state index in [1.807, 2.05) is 13.8 Å². The Hall–Kier alpha value is -1.82. The summed E-state index contributed by atoms with van der Waals surface area (Å²) in [6, 6.07) is 2.40. The summed E-state index contributed by atoms with van der Waals surface area (Å²) in [6.45, 7) is 3.84. The number of aromatic carboxylic acids is 1. The van der Waals surface area contributed by atoms with Gasteiger partial charge in [0, 0.05) is 6.54 Å². The Morgan fingerprint density at radius 1 is 1.42 bits per heavy atom. The molecule has 0 unspecified atom stereocenters. The minimum absolute atomic E-state index is 0.172. The normalized spacial score (nSPS) is 11.4. The summed E-state index contributed by atoms with van der Waals surface area (Å²) in [4.78, 5) is 11.1. The van der Waals surface area contributed by atoms with Gasteiger partial charge in [0.25, 0.3) is 0 Å². The van der Waals surface area contributed by atoms with E-state index in [1.165, 1.54) is 6.07 Å². The van der Waals surface area contributed by atoms with Gasteiger partial charge in [-0.05, 0) is 25.0 Å². The number of halogens is 1. The highest BCUT2D eigenvalue weighted by molar-refractivity contribution is 6.00. The van der Waals surface area contributed by atoms with E-state index in [4.69, 9.17) is 10.8 Å². The molecule has 1 aromatic carbocycles. The van der Waals surface area contributed by atoms with Crippen LogP contribution in [0.4, 0.5) is 15.8 Å². The molecule has 0 heterocycles. The second kappa shape index (κ2) is 5.88. The van der Waals surface area contributed by atoms with Crippen LogP contribution in [0.2, 0.25) is 0 Å². The molecule has 0 aliphatic carbocycles. The van der Waals surface area contributed by atoms with Gasteiger partial charge in [-0.1, -0.05) is 13.8 Å². The van der Waals surface area contributed by atoms with Gasteiger partial charge in [0.05, 0.1) is 17.0 Å². The van der Waals surface area contributed by atoms with E-state index < -0.39 is 23.1 Å². The molecule has 0 saturated heterocycles. The molecule has 0 radical (unpaired) electrons. The second-order valence-corrected chi connectivity index (χ2v) is 4.47. The summed E-state index contributed by atoms with van der Waals surface area (Å²) in [5.41, 5.74) is 3.98. The minimum atomic E-state index is -1.31. The van der Waals surface area contributed by atoms with Crippen LogP contribution in [0.1, 0.15) is 37.0 Å². The zero-order valence-electron chi connectivity index (χ0n) is 11.0. The Balaban J connectivity index is 3.02. The zero-order chi connectivity index (χ0) is 14.6. The van der Waals surface area contributed by atoms with Gasteiger partial charge in [0.2, 0.25) is 0 Å². The Bertz CT molecular complexity index is 473. The predicted molar refractivity (Wildman–Crippen MR) is 71.8 cm³/mol. The number of benzene rings is 1. The van der Waals surface area contributed by atoms with Crippen molar-refractivity contribution in [2.45, 2.75) is 32.3 Å². The standard InChI is InChI=1S/C13H19FN2O3/c1-3-13(19,4-2)7-16-9-6-5-8(14)11(15)10(9)12(17)18/h5-6,16,19H,3-4,7,15H2,1-2H3,(H,17,18). The molecule has 19 heavy (non-hydrogen) atoms. The van der Waals surface area contributed by atoms with Crippen LogP contribution in [0.25, 0.3) is 0 Å². The Labute approximate surface area is 111 Å². The molecule has 0 saturated carbocycles. The van der Waals surface area contributed by atoms with E-state index in [9.17, 15) is 14.3 Å². The number of nitrogens with two attached hydrogens (primary N) is 1. The molecular weight excluding hydrogens is 251 g/mol. The number of nitrogens with one attached hydrogen (secondary N) is 1. The van der Waals surface area contributed by atoms with Crippen LogP contribution in [0.5, 0.6) is 0 Å². The molecule has 5 nitrogen and oxygen atoms in total. The first-order chi connectivity index (χ1) is 8.84. The zero-order valence-corrected chi connectivity index (χ0v) is 11.0. The third kappa shape index (κ3) is 3.35. The van der Waals surface area contributed by atoms with Gasteiger partial charge >= 0.3 is 5.97 Å². The minimum Gasteiger partial charge on any atom is -0.478 e. The average Bonchev–Trinajstić information content (AvgIpc) is 2.39. The molecule has 1 rings (SSSR count). The molecule has 0 atom stereocenters. The van der Waals surface area contributed by atoms with Gasteiger partial charge in [0.15, 0.2) is 0 Å². The van der Waals surface area contributed by atoms with Crippen molar-refractivity contribution in [1.82, 2.24) is 0 Å². The van der Waals surface area contributed by atoms with E-state index in [0.29, 0.717) is 12.8 Å². The SMILES string of the molecule is CCC(O)(CC)CNc1ccc(F)c(N)c1C(=O)O. The fraction of sp³-hybridized carbons (Fsp3) is 0.462. The molecule has 0 fully saturated rings. The fourth-order valence-electron chi connectivity index (χ4n) is 1.73. The third-order valence-corrected chi connectivity index (χ3v) is 3.33. The molecule has 0 amide bonds. The molecule has 0 aromatic heterocycles. The van der Waals surface area contributed by atoms with E-state index >= 15 is 0 Å². The number of hydrogen-bond acceptors (Lipinski definition) is 4. The van der Waals surface area contributed by atoms with Crippen molar-refractivity contribution in [3.8, 4) is 0 Å². The lowest BCUT2D eigenvalue weighted by molar-refractivity contribution is 0.0455. The van der Waals surface area contributed by atoms with Gasteiger partial charge in [-0.25, -0.2) is 9.18 Å². The summed E-state index contributed by atoms with van der Waals surface area (Å²) < 4.78 is 13.3. The van der Waals surface area contributed by atoms with Gasteiger partial charge in [-0.3, -0.25) is 0 Å². The summed E-state index contributed by atoms with van der Waals surface area (Å²) >= 11 is 0. The highest BCUT2D eigenvalue weighted by Crippen LogP contribution is 2.26. The summed E-state index contributed by atoms with van der Waals surface area (Å²) in [5, 5.41) is 22.0. The lowest BCUT2D eigenvalue weighted by atomic mass is 9.97. The van der Waals surface area contributed by atoms with Gasteiger partial charge in [-0.15, -0.1) is 0 Å². The maximum absolute atomic E-state index is 13.3. The van der Waals surface area contributed by atoms with Crippen molar-refractivity contribution >= 4 is 17.3 Å². The van der Waals surface area contributed by atoms with Crippen LogP contribution in [0.15, 0.2) is 12.1 Å². The summed E-state index contributed by atoms with van der Waals surface area (Å²) in [5.74, 6) is -2.08. The van der Waals surface area contributed by atoms with Crippen molar-refractivity contribution in [3.05, 3.63) is 23.5 Å². The first-order valence-corrected chi connectivity index (χ1v) is 6.12. The molecule has 0 aliphatic rings. The lowest BCUT2D eigenvalue weighted by Crippen LogP contribution is -2.35. The molecule has 0 aliphatic heterocycles. The number of nitrogen functional groups attached to an aromatic ring is 1. The topological polar surface area (TPSA) is 95.6 Å². The maximum Gasteiger partial charge on any atom is 0.340 e. The van der Waals surface area contributed by atoms with Crippen molar-refractivity contribution < 1.29 is 19.4 Å². The van der Waals surface area contributed by atoms with Gasteiger partial charge < -0.3 is 21.3 Å². The number of carboxylic acid groups (broad SMARTS) is 1. The van der Waals surface area contributed by atoms with E-state index in [2.05, 4.69) is 5.32 Å². The number of rotatable bonds is 6. The van der Waals surface area contributed by atoms with Crippen LogP contribution in [0.3, 0.4) is 0 Å². The van der Waals surface area contributed by atoms with E-state index in [1.54, 1.807) is 0 Å².